The molecule has 2 aromatic carbocycles. The van der Waals surface area contributed by atoms with Gasteiger partial charge in [-0.3, -0.25) is 14.4 Å². The van der Waals surface area contributed by atoms with E-state index in [0.717, 1.165) is 29.4 Å². The molecule has 0 spiro atoms. The van der Waals surface area contributed by atoms with Gasteiger partial charge in [0.1, 0.15) is 28.6 Å². The van der Waals surface area contributed by atoms with Crippen molar-refractivity contribution in [1.29, 1.82) is 0 Å². The summed E-state index contributed by atoms with van der Waals surface area (Å²) in [6, 6.07) is 9.13. The number of ether oxygens (including phenoxy) is 1. The van der Waals surface area contributed by atoms with E-state index in [-0.39, 0.29) is 35.6 Å². The predicted octanol–water partition coefficient (Wildman–Crippen LogP) is 5.92. The summed E-state index contributed by atoms with van der Waals surface area (Å²) in [7, 11) is 1.63. The molecule has 4 atom stereocenters. The number of benzene rings is 2. The van der Waals surface area contributed by atoms with Crippen molar-refractivity contribution in [1.82, 2.24) is 0 Å². The highest BCUT2D eigenvalue weighted by molar-refractivity contribution is 6.25. The van der Waals surface area contributed by atoms with Crippen LogP contribution in [0.5, 0.6) is 11.5 Å². The van der Waals surface area contributed by atoms with Gasteiger partial charge in [0, 0.05) is 22.3 Å². The van der Waals surface area contributed by atoms with Gasteiger partial charge < -0.3 is 25.2 Å². The molecule has 8 heteroatoms. The van der Waals surface area contributed by atoms with Crippen LogP contribution in [0.1, 0.15) is 73.7 Å². The molecule has 0 fully saturated rings. The standard InChI is InChI=1S/C36H40O8/c1-18(2)28-30(39)26(20(4)37)32(41)36(43)33(42)29-31(40)27-23(16-34(29,5)17-35(28,36)6)22(13-14-24(27)38)10-8-9-21-12-11-19(3)25(15-21)44-7/h8,10-15,18,28,38-39,42-43H,9,16-17H2,1-7H3/b10-8-/t28?,34-,35-,36+/m1/s1. The van der Waals surface area contributed by atoms with Gasteiger partial charge in [-0.1, -0.05) is 58.0 Å². The average Bonchev–Trinajstić information content (AvgIpc) is 2.92. The maximum absolute atomic E-state index is 14.2. The summed E-state index contributed by atoms with van der Waals surface area (Å²) in [5.41, 5.74) is -2.50. The molecule has 0 bridgehead atoms. The monoisotopic (exact) mass is 600 g/mol. The van der Waals surface area contributed by atoms with E-state index in [1.807, 2.05) is 51.1 Å². The molecule has 0 radical (unpaired) electrons. The van der Waals surface area contributed by atoms with Crippen LogP contribution in [0.4, 0.5) is 0 Å². The summed E-state index contributed by atoms with van der Waals surface area (Å²) in [6.07, 6.45) is 4.72. The van der Waals surface area contributed by atoms with Gasteiger partial charge in [0.2, 0.25) is 5.78 Å². The molecule has 3 aliphatic rings. The number of carbonyl (C=O) groups is 3. The van der Waals surface area contributed by atoms with Crippen molar-refractivity contribution >= 4 is 23.4 Å². The van der Waals surface area contributed by atoms with E-state index >= 15 is 0 Å². The molecule has 0 amide bonds. The number of aliphatic hydroxyl groups excluding tert-OH is 2. The normalized spacial score (nSPS) is 28.3. The zero-order valence-corrected chi connectivity index (χ0v) is 26.2. The Bertz CT molecular complexity index is 1710. The SMILES string of the molecule is COc1cc(C/C=C\c2ccc(O)c3c2C[C@]2(C)C[C@]4(C)C(C(C)C)C(O)=C(C(C)=O)C(=O)[C@]4(O)C(O)=C2C3=O)ccc1C. The Balaban J connectivity index is 1.65. The van der Waals surface area contributed by atoms with Crippen LogP contribution >= 0.6 is 0 Å². The molecule has 232 valence electrons. The van der Waals surface area contributed by atoms with E-state index < -0.39 is 56.8 Å². The number of rotatable bonds is 6. The van der Waals surface area contributed by atoms with Crippen molar-refractivity contribution in [3.05, 3.63) is 86.9 Å². The fourth-order valence-electron chi connectivity index (χ4n) is 8.22. The van der Waals surface area contributed by atoms with Crippen LogP contribution < -0.4 is 4.74 Å². The van der Waals surface area contributed by atoms with E-state index in [0.29, 0.717) is 12.0 Å². The van der Waals surface area contributed by atoms with E-state index in [9.17, 15) is 34.8 Å². The van der Waals surface area contributed by atoms with Gasteiger partial charge in [0.25, 0.3) is 0 Å². The van der Waals surface area contributed by atoms with Crippen molar-refractivity contribution in [2.45, 2.75) is 66.4 Å². The van der Waals surface area contributed by atoms with E-state index in [4.69, 9.17) is 4.74 Å². The molecule has 0 heterocycles. The Kier molecular flexibility index (Phi) is 7.44. The van der Waals surface area contributed by atoms with Crippen LogP contribution in [0.2, 0.25) is 0 Å². The minimum atomic E-state index is -2.63. The second-order valence-corrected chi connectivity index (χ2v) is 13.4. The summed E-state index contributed by atoms with van der Waals surface area (Å²) >= 11 is 0. The Morgan fingerprint density at radius 1 is 1.11 bits per heavy atom. The van der Waals surface area contributed by atoms with Gasteiger partial charge in [-0.25, -0.2) is 0 Å². The van der Waals surface area contributed by atoms with Crippen LogP contribution in [0, 0.1) is 29.6 Å². The number of methoxy groups -OCH3 is 1. The fraction of sp³-hybridized carbons (Fsp3) is 0.417. The quantitative estimate of drug-likeness (QED) is 0.300. The lowest BCUT2D eigenvalue weighted by Gasteiger charge is -2.59. The molecular formula is C36H40O8. The third-order valence-corrected chi connectivity index (χ3v) is 10.1. The minimum absolute atomic E-state index is 0.00392. The molecule has 3 aliphatic carbocycles. The lowest BCUT2D eigenvalue weighted by atomic mass is 9.44. The van der Waals surface area contributed by atoms with Crippen LogP contribution in [0.15, 0.2) is 59.1 Å². The zero-order chi connectivity index (χ0) is 32.5. The number of aliphatic hydroxyl groups is 3. The second kappa shape index (κ2) is 10.5. The molecule has 2 aromatic rings. The molecule has 1 unspecified atom stereocenters. The molecule has 5 rings (SSSR count). The summed E-state index contributed by atoms with van der Waals surface area (Å²) in [6.45, 7) is 10.1. The summed E-state index contributed by atoms with van der Waals surface area (Å²) in [4.78, 5) is 40.5. The first-order chi connectivity index (χ1) is 20.5. The van der Waals surface area contributed by atoms with Crippen molar-refractivity contribution in [2.75, 3.05) is 7.11 Å². The smallest absolute Gasteiger partial charge is 0.209 e. The van der Waals surface area contributed by atoms with Crippen molar-refractivity contribution in [3.63, 3.8) is 0 Å². The third-order valence-electron chi connectivity index (χ3n) is 10.1. The lowest BCUT2D eigenvalue weighted by Crippen LogP contribution is -2.67. The number of phenolic OH excluding ortho intramolecular Hbond substituents is 1. The highest BCUT2D eigenvalue weighted by Gasteiger charge is 2.71. The first-order valence-corrected chi connectivity index (χ1v) is 14.9. The van der Waals surface area contributed by atoms with Gasteiger partial charge in [-0.15, -0.1) is 0 Å². The lowest BCUT2D eigenvalue weighted by molar-refractivity contribution is -0.171. The number of phenols is 1. The Labute approximate surface area is 257 Å². The number of carbonyl (C=O) groups excluding carboxylic acids is 3. The number of hydrogen-bond donors (Lipinski definition) is 4. The molecule has 0 saturated heterocycles. The Morgan fingerprint density at radius 3 is 2.41 bits per heavy atom. The number of Topliss-reactive ketones (excluding diaryl/α,β-unsaturated/α-hetero) is 3. The highest BCUT2D eigenvalue weighted by Crippen LogP contribution is 2.65. The van der Waals surface area contributed by atoms with Gasteiger partial charge >= 0.3 is 0 Å². The van der Waals surface area contributed by atoms with Crippen LogP contribution in [-0.4, -0.2) is 50.5 Å². The number of hydrogen-bond acceptors (Lipinski definition) is 8. The maximum atomic E-state index is 14.2. The summed E-state index contributed by atoms with van der Waals surface area (Å²) in [5, 5.41) is 46.1. The molecule has 4 N–H and O–H groups in total. The van der Waals surface area contributed by atoms with Gasteiger partial charge in [-0.2, -0.15) is 0 Å². The van der Waals surface area contributed by atoms with Gasteiger partial charge in [-0.05, 0) is 73.4 Å². The predicted molar refractivity (Wildman–Crippen MR) is 166 cm³/mol. The van der Waals surface area contributed by atoms with E-state index in [1.54, 1.807) is 27.0 Å². The van der Waals surface area contributed by atoms with Crippen LogP contribution in [0.3, 0.4) is 0 Å². The van der Waals surface area contributed by atoms with Gasteiger partial charge in [0.05, 0.1) is 12.7 Å². The first-order valence-electron chi connectivity index (χ1n) is 14.9. The van der Waals surface area contributed by atoms with E-state index in [2.05, 4.69) is 0 Å². The number of ketones is 3. The van der Waals surface area contributed by atoms with Crippen LogP contribution in [0.25, 0.3) is 6.08 Å². The molecule has 8 nitrogen and oxygen atoms in total. The molecule has 0 aliphatic heterocycles. The molecule has 0 aromatic heterocycles. The first kappa shape index (κ1) is 31.3. The number of aryl methyl sites for hydroxylation is 1. The van der Waals surface area contributed by atoms with Crippen molar-refractivity contribution < 1.29 is 39.5 Å². The average molecular weight is 601 g/mol. The number of allylic oxidation sites excluding steroid dienone is 3. The van der Waals surface area contributed by atoms with Crippen molar-refractivity contribution in [2.24, 2.45) is 22.7 Å². The number of aromatic hydroxyl groups is 1. The molecule has 0 saturated carbocycles. The minimum Gasteiger partial charge on any atom is -0.511 e. The summed E-state index contributed by atoms with van der Waals surface area (Å²) in [5.74, 6) is -4.45. The van der Waals surface area contributed by atoms with Gasteiger partial charge in [0.15, 0.2) is 17.2 Å². The number of fused-ring (bicyclic) bond motifs is 3. The maximum Gasteiger partial charge on any atom is 0.209 e. The second-order valence-electron chi connectivity index (χ2n) is 13.4. The zero-order valence-electron chi connectivity index (χ0n) is 26.2. The molecular weight excluding hydrogens is 560 g/mol. The third kappa shape index (κ3) is 4.25. The summed E-state index contributed by atoms with van der Waals surface area (Å²) < 4.78 is 5.44. The van der Waals surface area contributed by atoms with Crippen LogP contribution in [-0.2, 0) is 22.4 Å². The Hall–Kier alpha value is -4.17. The molecule has 44 heavy (non-hydrogen) atoms. The van der Waals surface area contributed by atoms with E-state index in [1.165, 1.54) is 6.07 Å². The van der Waals surface area contributed by atoms with Crippen molar-refractivity contribution in [3.8, 4) is 11.5 Å². The largest absolute Gasteiger partial charge is 0.511 e. The highest BCUT2D eigenvalue weighted by atomic mass is 16.5. The fourth-order valence-corrected chi connectivity index (χ4v) is 8.22. The Morgan fingerprint density at radius 2 is 1.80 bits per heavy atom. The topological polar surface area (TPSA) is 141 Å².